The van der Waals surface area contributed by atoms with Crippen molar-refractivity contribution >= 4 is 25.3 Å². The second kappa shape index (κ2) is 6.53. The Labute approximate surface area is 113 Å². The van der Waals surface area contributed by atoms with E-state index in [2.05, 4.69) is 76.8 Å². The monoisotopic (exact) mass is 264 g/mol. The number of rotatable bonds is 7. The van der Waals surface area contributed by atoms with Gasteiger partial charge in [-0.15, -0.1) is 0 Å². The van der Waals surface area contributed by atoms with Gasteiger partial charge in [-0.2, -0.15) is 25.3 Å². The largest absolute Gasteiger partial charge is 0.304 e. The predicted octanol–water partition coefficient (Wildman–Crippen LogP) is 2.27. The average molecular weight is 265 g/mol. The summed E-state index contributed by atoms with van der Waals surface area (Å²) >= 11 is 9.08. The fourth-order valence-corrected chi connectivity index (χ4v) is 2.30. The van der Waals surface area contributed by atoms with Crippen LogP contribution in [0.4, 0.5) is 0 Å². The molecule has 4 heteroatoms. The summed E-state index contributed by atoms with van der Waals surface area (Å²) in [4.78, 5) is 4.66. The minimum absolute atomic E-state index is 0.0795. The minimum Gasteiger partial charge on any atom is -0.304 e. The maximum atomic E-state index is 4.54. The highest BCUT2D eigenvalue weighted by molar-refractivity contribution is 7.82. The van der Waals surface area contributed by atoms with Crippen LogP contribution in [0.5, 0.6) is 0 Å². The molecule has 0 aromatic rings. The van der Waals surface area contributed by atoms with Crippen LogP contribution in [0.15, 0.2) is 0 Å². The molecular formula is C12H28N2S2. The quantitative estimate of drug-likeness (QED) is 0.681. The molecule has 0 saturated heterocycles. The SMILES string of the molecule is CN(CCN(C)CC(C)(C)S)CC(C)(C)S. The van der Waals surface area contributed by atoms with E-state index in [4.69, 9.17) is 0 Å². The molecular weight excluding hydrogens is 236 g/mol. The summed E-state index contributed by atoms with van der Waals surface area (Å²) in [6.45, 7) is 12.7. The molecule has 0 radical (unpaired) electrons. The van der Waals surface area contributed by atoms with E-state index < -0.39 is 0 Å². The molecule has 0 spiro atoms. The number of hydrogen-bond donors (Lipinski definition) is 2. The predicted molar refractivity (Wildman–Crippen MR) is 81.1 cm³/mol. The van der Waals surface area contributed by atoms with E-state index in [9.17, 15) is 0 Å². The van der Waals surface area contributed by atoms with E-state index in [1.807, 2.05) is 0 Å². The molecule has 0 aliphatic heterocycles. The third-order valence-electron chi connectivity index (χ3n) is 2.18. The molecule has 0 heterocycles. The van der Waals surface area contributed by atoms with Crippen molar-refractivity contribution in [3.05, 3.63) is 0 Å². The molecule has 0 aromatic carbocycles. The molecule has 0 rings (SSSR count). The van der Waals surface area contributed by atoms with Crippen LogP contribution in [0.2, 0.25) is 0 Å². The van der Waals surface area contributed by atoms with Crippen LogP contribution in [0.3, 0.4) is 0 Å². The zero-order chi connectivity index (χ0) is 13.0. The fraction of sp³-hybridized carbons (Fsp3) is 1.00. The Bertz CT molecular complexity index is 172. The number of thiol groups is 2. The second-order valence-corrected chi connectivity index (χ2v) is 8.52. The van der Waals surface area contributed by atoms with E-state index in [-0.39, 0.29) is 9.49 Å². The first-order valence-corrected chi connectivity index (χ1v) is 6.71. The summed E-state index contributed by atoms with van der Waals surface area (Å²) in [6.07, 6.45) is 0. The van der Waals surface area contributed by atoms with Crippen LogP contribution in [0.1, 0.15) is 27.7 Å². The highest BCUT2D eigenvalue weighted by atomic mass is 32.1. The zero-order valence-electron chi connectivity index (χ0n) is 11.6. The smallest absolute Gasteiger partial charge is 0.0200 e. The van der Waals surface area contributed by atoms with Gasteiger partial charge in [0.2, 0.25) is 0 Å². The molecule has 0 unspecified atom stereocenters. The fourth-order valence-electron chi connectivity index (χ4n) is 1.82. The molecule has 98 valence electrons. The van der Waals surface area contributed by atoms with Crippen molar-refractivity contribution < 1.29 is 0 Å². The van der Waals surface area contributed by atoms with Crippen LogP contribution in [-0.2, 0) is 0 Å². The van der Waals surface area contributed by atoms with Crippen LogP contribution in [-0.4, -0.2) is 59.6 Å². The van der Waals surface area contributed by atoms with Gasteiger partial charge in [0.25, 0.3) is 0 Å². The third-order valence-corrected chi connectivity index (χ3v) is 2.46. The van der Waals surface area contributed by atoms with Crippen molar-refractivity contribution in [3.63, 3.8) is 0 Å². The Morgan fingerprint density at radius 1 is 0.750 bits per heavy atom. The molecule has 0 aliphatic carbocycles. The van der Waals surface area contributed by atoms with Gasteiger partial charge in [0.15, 0.2) is 0 Å². The molecule has 0 saturated carbocycles. The topological polar surface area (TPSA) is 6.48 Å². The lowest BCUT2D eigenvalue weighted by Gasteiger charge is -2.30. The maximum absolute atomic E-state index is 4.54. The second-order valence-electron chi connectivity index (χ2n) is 6.10. The van der Waals surface area contributed by atoms with E-state index in [1.54, 1.807) is 0 Å². The van der Waals surface area contributed by atoms with Crippen molar-refractivity contribution in [2.45, 2.75) is 37.2 Å². The lowest BCUT2D eigenvalue weighted by Crippen LogP contribution is -2.40. The summed E-state index contributed by atoms with van der Waals surface area (Å²) in [7, 11) is 4.30. The summed E-state index contributed by atoms with van der Waals surface area (Å²) in [6, 6.07) is 0. The summed E-state index contributed by atoms with van der Waals surface area (Å²) < 4.78 is 0.159. The standard InChI is InChI=1S/C12H28N2S2/c1-11(2,15)9-13(5)7-8-14(6)10-12(3,4)16/h15-16H,7-10H2,1-6H3. The first-order valence-electron chi connectivity index (χ1n) is 5.81. The Balaban J connectivity index is 3.80. The number of nitrogens with zero attached hydrogens (tertiary/aromatic N) is 2. The van der Waals surface area contributed by atoms with Crippen molar-refractivity contribution in [1.82, 2.24) is 9.80 Å². The van der Waals surface area contributed by atoms with Crippen LogP contribution >= 0.6 is 25.3 Å². The summed E-state index contributed by atoms with van der Waals surface area (Å²) in [5.74, 6) is 0. The number of hydrogen-bond acceptors (Lipinski definition) is 4. The van der Waals surface area contributed by atoms with Gasteiger partial charge >= 0.3 is 0 Å². The van der Waals surface area contributed by atoms with Gasteiger partial charge in [-0.05, 0) is 41.8 Å². The van der Waals surface area contributed by atoms with Gasteiger partial charge in [0.1, 0.15) is 0 Å². The molecule has 16 heavy (non-hydrogen) atoms. The molecule has 0 aromatic heterocycles. The Hall–Kier alpha value is 0.620. The zero-order valence-corrected chi connectivity index (χ0v) is 13.4. The number of likely N-dealkylation sites (N-methyl/N-ethyl adjacent to an activating group) is 2. The minimum atomic E-state index is 0.0795. The Morgan fingerprint density at radius 3 is 1.19 bits per heavy atom. The van der Waals surface area contributed by atoms with E-state index >= 15 is 0 Å². The normalized spacial score (nSPS) is 13.9. The van der Waals surface area contributed by atoms with Crippen molar-refractivity contribution in [2.75, 3.05) is 40.3 Å². The molecule has 0 aliphatic rings. The molecule has 0 atom stereocenters. The van der Waals surface area contributed by atoms with Gasteiger partial charge < -0.3 is 9.80 Å². The maximum Gasteiger partial charge on any atom is 0.0200 e. The van der Waals surface area contributed by atoms with Crippen LogP contribution in [0.25, 0.3) is 0 Å². The van der Waals surface area contributed by atoms with Crippen molar-refractivity contribution in [3.8, 4) is 0 Å². The Kier molecular flexibility index (Phi) is 6.78. The lowest BCUT2D eigenvalue weighted by molar-refractivity contribution is 0.239. The molecule has 0 amide bonds. The van der Waals surface area contributed by atoms with Gasteiger partial charge in [-0.1, -0.05) is 0 Å². The van der Waals surface area contributed by atoms with Gasteiger partial charge in [0, 0.05) is 35.7 Å². The first kappa shape index (κ1) is 16.6. The summed E-state index contributed by atoms with van der Waals surface area (Å²) in [5.41, 5.74) is 0. The first-order chi connectivity index (χ1) is 6.99. The highest BCUT2D eigenvalue weighted by Crippen LogP contribution is 2.14. The molecule has 2 nitrogen and oxygen atoms in total. The van der Waals surface area contributed by atoms with Gasteiger partial charge in [0.05, 0.1) is 0 Å². The van der Waals surface area contributed by atoms with Crippen LogP contribution < -0.4 is 0 Å². The van der Waals surface area contributed by atoms with Gasteiger partial charge in [-0.25, -0.2) is 0 Å². The molecule has 0 fully saturated rings. The van der Waals surface area contributed by atoms with E-state index in [0.717, 1.165) is 26.2 Å². The van der Waals surface area contributed by atoms with Gasteiger partial charge in [-0.3, -0.25) is 0 Å². The van der Waals surface area contributed by atoms with Crippen molar-refractivity contribution in [1.29, 1.82) is 0 Å². The third kappa shape index (κ3) is 11.1. The van der Waals surface area contributed by atoms with E-state index in [1.165, 1.54) is 0 Å². The highest BCUT2D eigenvalue weighted by Gasteiger charge is 2.17. The molecule has 0 N–H and O–H groups in total. The average Bonchev–Trinajstić information content (AvgIpc) is 1.94. The van der Waals surface area contributed by atoms with Crippen LogP contribution in [0, 0.1) is 0 Å². The lowest BCUT2D eigenvalue weighted by atomic mass is 10.2. The van der Waals surface area contributed by atoms with Crippen molar-refractivity contribution in [2.24, 2.45) is 0 Å². The summed E-state index contributed by atoms with van der Waals surface area (Å²) in [5, 5.41) is 0. The van der Waals surface area contributed by atoms with E-state index in [0.29, 0.717) is 0 Å². The molecule has 0 bridgehead atoms. The Morgan fingerprint density at radius 2 is 1.00 bits per heavy atom.